The van der Waals surface area contributed by atoms with Crippen molar-refractivity contribution in [2.75, 3.05) is 33.6 Å². The third-order valence-corrected chi connectivity index (χ3v) is 3.89. The first-order valence-electron chi connectivity index (χ1n) is 8.27. The third kappa shape index (κ3) is 4.99. The van der Waals surface area contributed by atoms with Crippen LogP contribution in [0.3, 0.4) is 0 Å². The molecule has 2 amide bonds. The Morgan fingerprint density at radius 2 is 1.73 bits per heavy atom. The average molecular weight is 356 g/mol. The normalized spacial score (nSPS) is 10.2. The van der Waals surface area contributed by atoms with Crippen molar-refractivity contribution in [1.29, 1.82) is 0 Å². The van der Waals surface area contributed by atoms with Gasteiger partial charge in [0.2, 0.25) is 5.91 Å². The van der Waals surface area contributed by atoms with Crippen LogP contribution in [0.1, 0.15) is 22.3 Å². The molecule has 2 aromatic carbocycles. The molecule has 26 heavy (non-hydrogen) atoms. The Morgan fingerprint density at radius 1 is 1.00 bits per heavy atom. The number of aryl methyl sites for hydroxylation is 1. The zero-order valence-electron chi connectivity index (χ0n) is 15.5. The first-order chi connectivity index (χ1) is 12.4. The summed E-state index contributed by atoms with van der Waals surface area (Å²) in [5, 5.41) is 2.83. The second-order valence-corrected chi connectivity index (χ2v) is 6.02. The van der Waals surface area contributed by atoms with E-state index in [1.807, 2.05) is 18.2 Å². The van der Waals surface area contributed by atoms with Gasteiger partial charge in [0, 0.05) is 31.8 Å². The van der Waals surface area contributed by atoms with Gasteiger partial charge >= 0.3 is 0 Å². The molecule has 1 N–H and O–H groups in total. The highest BCUT2D eigenvalue weighted by Gasteiger charge is 2.10. The van der Waals surface area contributed by atoms with E-state index in [0.29, 0.717) is 35.6 Å². The van der Waals surface area contributed by atoms with Crippen LogP contribution in [-0.4, -0.2) is 45.0 Å². The highest BCUT2D eigenvalue weighted by atomic mass is 16.5. The number of carbonyl (C=O) groups excluding carboxylic acids is 2. The van der Waals surface area contributed by atoms with E-state index in [4.69, 9.17) is 9.47 Å². The number of hydrogen-bond acceptors (Lipinski definition) is 4. The molecule has 0 saturated carbocycles. The Bertz CT molecular complexity index is 787. The number of hydrogen-bond donors (Lipinski definition) is 1. The lowest BCUT2D eigenvalue weighted by Crippen LogP contribution is -2.22. The second-order valence-electron chi connectivity index (χ2n) is 6.02. The van der Waals surface area contributed by atoms with E-state index in [2.05, 4.69) is 5.32 Å². The summed E-state index contributed by atoms with van der Waals surface area (Å²) in [6.45, 7) is 0. The lowest BCUT2D eigenvalue weighted by molar-refractivity contribution is -0.116. The van der Waals surface area contributed by atoms with Crippen molar-refractivity contribution < 1.29 is 19.1 Å². The molecule has 0 aliphatic rings. The summed E-state index contributed by atoms with van der Waals surface area (Å²) in [4.78, 5) is 25.7. The molecular weight excluding hydrogens is 332 g/mol. The Balaban J connectivity index is 1.97. The van der Waals surface area contributed by atoms with Crippen molar-refractivity contribution in [3.63, 3.8) is 0 Å². The summed E-state index contributed by atoms with van der Waals surface area (Å²) in [7, 11) is 6.55. The molecule has 0 unspecified atom stereocenters. The van der Waals surface area contributed by atoms with Gasteiger partial charge in [-0.1, -0.05) is 12.1 Å². The summed E-state index contributed by atoms with van der Waals surface area (Å²) in [6.07, 6.45) is 0.893. The summed E-state index contributed by atoms with van der Waals surface area (Å²) in [5.74, 6) is 1.07. The molecule has 0 saturated heterocycles. The molecule has 0 aliphatic heterocycles. The molecule has 0 bridgehead atoms. The highest BCUT2D eigenvalue weighted by molar-refractivity contribution is 5.97. The molecule has 0 aromatic heterocycles. The van der Waals surface area contributed by atoms with Crippen molar-refractivity contribution in [3.8, 4) is 11.5 Å². The van der Waals surface area contributed by atoms with Crippen molar-refractivity contribution >= 4 is 17.5 Å². The second kappa shape index (κ2) is 8.89. The summed E-state index contributed by atoms with van der Waals surface area (Å²) < 4.78 is 10.5. The van der Waals surface area contributed by atoms with E-state index in [1.54, 1.807) is 52.6 Å². The molecule has 6 nitrogen and oxygen atoms in total. The van der Waals surface area contributed by atoms with Crippen LogP contribution in [0.5, 0.6) is 11.5 Å². The fourth-order valence-corrected chi connectivity index (χ4v) is 2.51. The number of anilines is 1. The molecule has 0 fully saturated rings. The molecule has 138 valence electrons. The molecule has 0 aliphatic carbocycles. The minimum atomic E-state index is -0.116. The van der Waals surface area contributed by atoms with Crippen LogP contribution in [0.4, 0.5) is 5.69 Å². The fraction of sp³-hybridized carbons (Fsp3) is 0.300. The van der Waals surface area contributed by atoms with Crippen LogP contribution in [0, 0.1) is 0 Å². The van der Waals surface area contributed by atoms with Gasteiger partial charge in [-0.3, -0.25) is 9.59 Å². The predicted octanol–water partition coefficient (Wildman–Crippen LogP) is 2.98. The SMILES string of the molecule is COc1ccc(CCC(=O)Nc2cccc(C(=O)N(C)C)c2)cc1OC. The third-order valence-electron chi connectivity index (χ3n) is 3.89. The summed E-state index contributed by atoms with van der Waals surface area (Å²) in [6, 6.07) is 12.5. The van der Waals surface area contributed by atoms with E-state index >= 15 is 0 Å². The maximum atomic E-state index is 12.2. The van der Waals surface area contributed by atoms with Crippen LogP contribution in [0.25, 0.3) is 0 Å². The monoisotopic (exact) mass is 356 g/mol. The summed E-state index contributed by atoms with van der Waals surface area (Å²) >= 11 is 0. The molecule has 0 spiro atoms. The van der Waals surface area contributed by atoms with Crippen molar-refractivity contribution in [1.82, 2.24) is 4.90 Å². The largest absolute Gasteiger partial charge is 0.493 e. The van der Waals surface area contributed by atoms with E-state index < -0.39 is 0 Å². The molecular formula is C20H24N2O4. The van der Waals surface area contributed by atoms with Gasteiger partial charge < -0.3 is 19.7 Å². The lowest BCUT2D eigenvalue weighted by atomic mass is 10.1. The quantitative estimate of drug-likeness (QED) is 0.828. The van der Waals surface area contributed by atoms with Crippen LogP contribution >= 0.6 is 0 Å². The molecule has 0 heterocycles. The lowest BCUT2D eigenvalue weighted by Gasteiger charge is -2.12. The average Bonchev–Trinajstić information content (AvgIpc) is 2.65. The summed E-state index contributed by atoms with van der Waals surface area (Å²) in [5.41, 5.74) is 2.12. The first kappa shape index (κ1) is 19.3. The zero-order valence-corrected chi connectivity index (χ0v) is 15.5. The smallest absolute Gasteiger partial charge is 0.253 e. The van der Waals surface area contributed by atoms with Gasteiger partial charge in [-0.15, -0.1) is 0 Å². The van der Waals surface area contributed by atoms with E-state index in [0.717, 1.165) is 5.56 Å². The van der Waals surface area contributed by atoms with Crippen molar-refractivity contribution in [2.24, 2.45) is 0 Å². The van der Waals surface area contributed by atoms with Crippen LogP contribution in [0.15, 0.2) is 42.5 Å². The number of nitrogens with one attached hydrogen (secondary N) is 1. The maximum absolute atomic E-state index is 12.2. The van der Waals surface area contributed by atoms with Gasteiger partial charge in [-0.2, -0.15) is 0 Å². The number of benzene rings is 2. The maximum Gasteiger partial charge on any atom is 0.253 e. The predicted molar refractivity (Wildman–Crippen MR) is 101 cm³/mol. The van der Waals surface area contributed by atoms with E-state index in [9.17, 15) is 9.59 Å². The Labute approximate surface area is 153 Å². The molecule has 2 rings (SSSR count). The number of methoxy groups -OCH3 is 2. The number of nitrogens with zero attached hydrogens (tertiary/aromatic N) is 1. The van der Waals surface area contributed by atoms with Crippen molar-refractivity contribution in [3.05, 3.63) is 53.6 Å². The van der Waals surface area contributed by atoms with Gasteiger partial charge in [-0.25, -0.2) is 0 Å². The molecule has 0 atom stereocenters. The standard InChI is InChI=1S/C20H24N2O4/c1-22(2)20(24)15-6-5-7-16(13-15)21-19(23)11-9-14-8-10-17(25-3)18(12-14)26-4/h5-8,10,12-13H,9,11H2,1-4H3,(H,21,23). The van der Waals surface area contributed by atoms with Gasteiger partial charge in [-0.05, 0) is 42.3 Å². The van der Waals surface area contributed by atoms with Gasteiger partial charge in [0.15, 0.2) is 11.5 Å². The van der Waals surface area contributed by atoms with E-state index in [-0.39, 0.29) is 11.8 Å². The Hall–Kier alpha value is -3.02. The molecule has 2 aromatic rings. The Kier molecular flexibility index (Phi) is 6.60. The van der Waals surface area contributed by atoms with Crippen LogP contribution in [0.2, 0.25) is 0 Å². The fourth-order valence-electron chi connectivity index (χ4n) is 2.51. The van der Waals surface area contributed by atoms with Gasteiger partial charge in [0.25, 0.3) is 5.91 Å². The Morgan fingerprint density at radius 3 is 2.38 bits per heavy atom. The van der Waals surface area contributed by atoms with Gasteiger partial charge in [0.1, 0.15) is 0 Å². The minimum Gasteiger partial charge on any atom is -0.493 e. The van der Waals surface area contributed by atoms with Gasteiger partial charge in [0.05, 0.1) is 14.2 Å². The highest BCUT2D eigenvalue weighted by Crippen LogP contribution is 2.28. The number of amides is 2. The van der Waals surface area contributed by atoms with E-state index in [1.165, 1.54) is 4.90 Å². The minimum absolute atomic E-state index is 0.105. The van der Waals surface area contributed by atoms with Crippen LogP contribution in [-0.2, 0) is 11.2 Å². The molecule has 0 radical (unpaired) electrons. The van der Waals surface area contributed by atoms with Crippen LogP contribution < -0.4 is 14.8 Å². The topological polar surface area (TPSA) is 67.9 Å². The zero-order chi connectivity index (χ0) is 19.1. The number of carbonyl (C=O) groups is 2. The van der Waals surface area contributed by atoms with Crippen molar-refractivity contribution in [2.45, 2.75) is 12.8 Å². The number of rotatable bonds is 7. The molecule has 6 heteroatoms. The first-order valence-corrected chi connectivity index (χ1v) is 8.27. The number of ether oxygens (including phenoxy) is 2.